The third-order valence-electron chi connectivity index (χ3n) is 2.66. The fourth-order valence-electron chi connectivity index (χ4n) is 1.59. The molecule has 0 atom stereocenters. The molecular formula is C13H16N2S2. The number of hydrogen-bond acceptors (Lipinski definition) is 3. The number of nitrogens with one attached hydrogen (secondary N) is 1. The van der Waals surface area contributed by atoms with Gasteiger partial charge in [-0.05, 0) is 23.9 Å². The van der Waals surface area contributed by atoms with E-state index < -0.39 is 0 Å². The lowest BCUT2D eigenvalue weighted by Gasteiger charge is -2.19. The van der Waals surface area contributed by atoms with Crippen molar-refractivity contribution in [3.05, 3.63) is 32.7 Å². The molecule has 0 aliphatic carbocycles. The Kier molecular flexibility index (Phi) is 3.19. The van der Waals surface area contributed by atoms with Gasteiger partial charge >= 0.3 is 0 Å². The average Bonchev–Trinajstić information content (AvgIpc) is 2.62. The Morgan fingerprint density at radius 3 is 2.53 bits per heavy atom. The molecule has 2 nitrogen and oxygen atoms in total. The van der Waals surface area contributed by atoms with Gasteiger partial charge in [-0.15, -0.1) is 0 Å². The van der Waals surface area contributed by atoms with Crippen molar-refractivity contribution < 1.29 is 0 Å². The van der Waals surface area contributed by atoms with Crippen molar-refractivity contribution >= 4 is 23.6 Å². The molecular weight excluding hydrogens is 248 g/mol. The van der Waals surface area contributed by atoms with E-state index in [2.05, 4.69) is 48.4 Å². The molecule has 1 N–H and O–H groups in total. The minimum atomic E-state index is 0.0508. The first-order valence-corrected chi connectivity index (χ1v) is 6.88. The Hall–Kier alpha value is -1.00. The van der Waals surface area contributed by atoms with E-state index in [1.54, 1.807) is 11.3 Å². The van der Waals surface area contributed by atoms with E-state index in [1.165, 1.54) is 5.56 Å². The lowest BCUT2D eigenvalue weighted by atomic mass is 9.92. The van der Waals surface area contributed by atoms with Crippen LogP contribution in [0.5, 0.6) is 0 Å². The summed E-state index contributed by atoms with van der Waals surface area (Å²) >= 11 is 6.93. The van der Waals surface area contributed by atoms with E-state index >= 15 is 0 Å². The number of aromatic amines is 1. The van der Waals surface area contributed by atoms with Gasteiger partial charge in [0, 0.05) is 22.1 Å². The fraction of sp³-hybridized carbons (Fsp3) is 0.385. The van der Waals surface area contributed by atoms with E-state index in [-0.39, 0.29) is 5.41 Å². The van der Waals surface area contributed by atoms with Crippen molar-refractivity contribution in [1.29, 1.82) is 0 Å². The molecule has 0 aromatic carbocycles. The van der Waals surface area contributed by atoms with Crippen LogP contribution in [0.3, 0.4) is 0 Å². The van der Waals surface area contributed by atoms with E-state index in [1.807, 2.05) is 6.07 Å². The largest absolute Gasteiger partial charge is 0.343 e. The molecule has 2 aromatic heterocycles. The highest BCUT2D eigenvalue weighted by molar-refractivity contribution is 7.71. The zero-order valence-electron chi connectivity index (χ0n) is 10.5. The summed E-state index contributed by atoms with van der Waals surface area (Å²) in [6, 6.07) is 1.94. The smallest absolute Gasteiger partial charge is 0.140 e. The van der Waals surface area contributed by atoms with Crippen LogP contribution in [0.15, 0.2) is 16.8 Å². The van der Waals surface area contributed by atoms with E-state index in [0.717, 1.165) is 17.1 Å². The number of H-pyrrole nitrogens is 1. The Bertz CT molecular complexity index is 588. The number of aromatic nitrogens is 2. The Morgan fingerprint density at radius 2 is 2.00 bits per heavy atom. The van der Waals surface area contributed by atoms with Crippen LogP contribution in [-0.2, 0) is 5.41 Å². The Morgan fingerprint density at radius 1 is 1.29 bits per heavy atom. The fourth-order valence-corrected chi connectivity index (χ4v) is 2.63. The van der Waals surface area contributed by atoms with Crippen molar-refractivity contribution in [3.8, 4) is 11.4 Å². The first-order chi connectivity index (χ1) is 7.88. The monoisotopic (exact) mass is 264 g/mol. The molecule has 2 aromatic rings. The molecule has 0 aliphatic heterocycles. The maximum absolute atomic E-state index is 5.25. The minimum Gasteiger partial charge on any atom is -0.343 e. The van der Waals surface area contributed by atoms with Gasteiger partial charge in [0.1, 0.15) is 10.5 Å². The van der Waals surface area contributed by atoms with Gasteiger partial charge in [-0.1, -0.05) is 33.0 Å². The van der Waals surface area contributed by atoms with Crippen LogP contribution in [0.2, 0.25) is 0 Å². The van der Waals surface area contributed by atoms with Gasteiger partial charge < -0.3 is 4.98 Å². The molecule has 4 heteroatoms. The Balaban J connectivity index is 2.61. The lowest BCUT2D eigenvalue weighted by Crippen LogP contribution is -2.14. The summed E-state index contributed by atoms with van der Waals surface area (Å²) in [6.07, 6.45) is 0. The minimum absolute atomic E-state index is 0.0508. The highest BCUT2D eigenvalue weighted by Crippen LogP contribution is 2.26. The third kappa shape index (κ3) is 2.64. The van der Waals surface area contributed by atoms with Crippen LogP contribution in [0, 0.1) is 11.6 Å². The molecule has 0 unspecified atom stereocenters. The van der Waals surface area contributed by atoms with Crippen LogP contribution in [0.25, 0.3) is 11.4 Å². The normalized spacial score (nSPS) is 11.8. The standard InChI is InChI=1S/C13H16N2S2/c1-8-6-17-7-9(8)12-14-10(13(2,3)4)5-11(16)15-12/h5-7H,1-4H3,(H,14,15,16). The number of nitrogens with zero attached hydrogens (tertiary/aromatic N) is 1. The zero-order chi connectivity index (χ0) is 12.6. The van der Waals surface area contributed by atoms with E-state index in [9.17, 15) is 0 Å². The van der Waals surface area contributed by atoms with Crippen LogP contribution in [0.1, 0.15) is 32.0 Å². The molecule has 0 saturated heterocycles. The van der Waals surface area contributed by atoms with E-state index in [4.69, 9.17) is 12.2 Å². The van der Waals surface area contributed by atoms with Crippen molar-refractivity contribution in [2.45, 2.75) is 33.1 Å². The number of rotatable bonds is 1. The second kappa shape index (κ2) is 4.35. The van der Waals surface area contributed by atoms with Crippen molar-refractivity contribution in [3.63, 3.8) is 0 Å². The van der Waals surface area contributed by atoms with Crippen LogP contribution < -0.4 is 0 Å². The predicted octanol–water partition coefficient (Wildman–Crippen LogP) is 4.47. The topological polar surface area (TPSA) is 28.7 Å². The number of hydrogen-bond donors (Lipinski definition) is 1. The molecule has 0 radical (unpaired) electrons. The molecule has 0 spiro atoms. The molecule has 0 amide bonds. The quantitative estimate of drug-likeness (QED) is 0.770. The van der Waals surface area contributed by atoms with Crippen LogP contribution in [0.4, 0.5) is 0 Å². The van der Waals surface area contributed by atoms with Crippen molar-refractivity contribution in [2.24, 2.45) is 0 Å². The van der Waals surface area contributed by atoms with Gasteiger partial charge in [-0.25, -0.2) is 4.98 Å². The second-order valence-corrected chi connectivity index (χ2v) is 6.36. The first kappa shape index (κ1) is 12.5. The number of aryl methyl sites for hydroxylation is 1. The lowest BCUT2D eigenvalue weighted by molar-refractivity contribution is 0.567. The number of thiophene rings is 1. The summed E-state index contributed by atoms with van der Waals surface area (Å²) in [7, 11) is 0. The Labute approximate surface area is 111 Å². The summed E-state index contributed by atoms with van der Waals surface area (Å²) in [4.78, 5) is 7.81. The third-order valence-corrected chi connectivity index (χ3v) is 3.73. The first-order valence-electron chi connectivity index (χ1n) is 5.53. The zero-order valence-corrected chi connectivity index (χ0v) is 12.1. The highest BCUT2D eigenvalue weighted by Gasteiger charge is 2.16. The summed E-state index contributed by atoms with van der Waals surface area (Å²) in [5.74, 6) is 0.876. The average molecular weight is 264 g/mol. The van der Waals surface area contributed by atoms with Crippen LogP contribution >= 0.6 is 23.6 Å². The molecule has 17 heavy (non-hydrogen) atoms. The molecule has 0 aliphatic rings. The SMILES string of the molecule is Cc1cscc1-c1nc(=S)cc(C(C)(C)C)[nH]1. The molecule has 2 heterocycles. The second-order valence-electron chi connectivity index (χ2n) is 5.20. The van der Waals surface area contributed by atoms with Crippen LogP contribution in [-0.4, -0.2) is 9.97 Å². The molecule has 90 valence electrons. The molecule has 0 fully saturated rings. The van der Waals surface area contributed by atoms with Gasteiger partial charge in [-0.3, -0.25) is 0 Å². The summed E-state index contributed by atoms with van der Waals surface area (Å²) in [5.41, 5.74) is 3.55. The molecule has 2 rings (SSSR count). The van der Waals surface area contributed by atoms with Gasteiger partial charge in [0.05, 0.1) is 0 Å². The van der Waals surface area contributed by atoms with Crippen molar-refractivity contribution in [1.82, 2.24) is 9.97 Å². The van der Waals surface area contributed by atoms with Gasteiger partial charge in [0.2, 0.25) is 0 Å². The highest BCUT2D eigenvalue weighted by atomic mass is 32.1. The van der Waals surface area contributed by atoms with E-state index in [0.29, 0.717) is 4.64 Å². The van der Waals surface area contributed by atoms with Gasteiger partial charge in [0.15, 0.2) is 0 Å². The predicted molar refractivity (Wildman–Crippen MR) is 76.2 cm³/mol. The van der Waals surface area contributed by atoms with Crippen molar-refractivity contribution in [2.75, 3.05) is 0 Å². The summed E-state index contributed by atoms with van der Waals surface area (Å²) in [6.45, 7) is 8.59. The maximum Gasteiger partial charge on any atom is 0.140 e. The maximum atomic E-state index is 5.25. The van der Waals surface area contributed by atoms with Gasteiger partial charge in [0.25, 0.3) is 0 Å². The molecule has 0 bridgehead atoms. The summed E-state index contributed by atoms with van der Waals surface area (Å²) in [5, 5.41) is 4.23. The van der Waals surface area contributed by atoms with Gasteiger partial charge in [-0.2, -0.15) is 11.3 Å². The summed E-state index contributed by atoms with van der Waals surface area (Å²) < 4.78 is 0.647. The molecule has 0 saturated carbocycles.